The summed E-state index contributed by atoms with van der Waals surface area (Å²) in [4.78, 5) is 10.6. The second kappa shape index (κ2) is 3.88. The summed E-state index contributed by atoms with van der Waals surface area (Å²) in [6.45, 7) is 1.36. The molecule has 4 heteroatoms. The van der Waals surface area contributed by atoms with Crippen LogP contribution in [0.4, 0.5) is 0 Å². The molecule has 14 heavy (non-hydrogen) atoms. The van der Waals surface area contributed by atoms with Crippen LogP contribution in [-0.2, 0) is 5.72 Å². The van der Waals surface area contributed by atoms with Gasteiger partial charge in [0.1, 0.15) is 6.29 Å². The lowest BCUT2D eigenvalue weighted by Crippen LogP contribution is -2.47. The first-order chi connectivity index (χ1) is 6.50. The monoisotopic (exact) mass is 195 g/mol. The van der Waals surface area contributed by atoms with E-state index in [1.807, 2.05) is 0 Å². The standard InChI is InChI=1S/C10H13NO3/c1-7(13)10(11,14)9-5-3-2-4-8(9)6-12/h2-7,13-14H,11H2,1H3/t7-,10+/m1/s1. The lowest BCUT2D eigenvalue weighted by atomic mass is 9.94. The van der Waals surface area contributed by atoms with Crippen LogP contribution in [0.1, 0.15) is 22.8 Å². The zero-order valence-corrected chi connectivity index (χ0v) is 7.84. The lowest BCUT2D eigenvalue weighted by Gasteiger charge is -2.27. The highest BCUT2D eigenvalue weighted by molar-refractivity contribution is 5.77. The Labute approximate surface area is 82.0 Å². The Morgan fingerprint density at radius 2 is 2.07 bits per heavy atom. The molecule has 0 aliphatic rings. The molecule has 0 aromatic heterocycles. The smallest absolute Gasteiger partial charge is 0.166 e. The van der Waals surface area contributed by atoms with Gasteiger partial charge in [-0.1, -0.05) is 24.3 Å². The van der Waals surface area contributed by atoms with Gasteiger partial charge in [0.25, 0.3) is 0 Å². The summed E-state index contributed by atoms with van der Waals surface area (Å²) in [7, 11) is 0. The minimum absolute atomic E-state index is 0.227. The number of carbonyl (C=O) groups excluding carboxylic acids is 1. The summed E-state index contributed by atoms with van der Waals surface area (Å²) in [5.74, 6) is 0. The van der Waals surface area contributed by atoms with Gasteiger partial charge in [0, 0.05) is 11.1 Å². The van der Waals surface area contributed by atoms with Crippen LogP contribution in [0.15, 0.2) is 24.3 Å². The van der Waals surface area contributed by atoms with Crippen LogP contribution in [0.2, 0.25) is 0 Å². The van der Waals surface area contributed by atoms with Crippen LogP contribution < -0.4 is 5.73 Å². The average molecular weight is 195 g/mol. The van der Waals surface area contributed by atoms with Crippen molar-refractivity contribution in [2.24, 2.45) is 5.73 Å². The molecular formula is C10H13NO3. The lowest BCUT2D eigenvalue weighted by molar-refractivity contribution is -0.0671. The molecule has 0 unspecified atom stereocenters. The molecule has 0 aliphatic heterocycles. The molecule has 0 saturated heterocycles. The molecule has 1 aromatic carbocycles. The number of rotatable bonds is 3. The number of benzene rings is 1. The van der Waals surface area contributed by atoms with E-state index in [1.165, 1.54) is 19.1 Å². The Balaban J connectivity index is 3.24. The zero-order chi connectivity index (χ0) is 10.8. The summed E-state index contributed by atoms with van der Waals surface area (Å²) in [6.07, 6.45) is -0.557. The molecule has 0 heterocycles. The van der Waals surface area contributed by atoms with E-state index in [-0.39, 0.29) is 11.1 Å². The van der Waals surface area contributed by atoms with Crippen molar-refractivity contribution in [1.82, 2.24) is 0 Å². The van der Waals surface area contributed by atoms with Crippen LogP contribution in [0.25, 0.3) is 0 Å². The average Bonchev–Trinajstić information content (AvgIpc) is 2.17. The minimum Gasteiger partial charge on any atom is -0.389 e. The maximum atomic E-state index is 10.6. The Morgan fingerprint density at radius 3 is 2.57 bits per heavy atom. The first-order valence-electron chi connectivity index (χ1n) is 4.24. The van der Waals surface area contributed by atoms with Crippen LogP contribution in [0, 0.1) is 0 Å². The van der Waals surface area contributed by atoms with Gasteiger partial charge in [-0.25, -0.2) is 0 Å². The number of hydrogen-bond acceptors (Lipinski definition) is 4. The molecule has 0 bridgehead atoms. The van der Waals surface area contributed by atoms with Gasteiger partial charge in [0.15, 0.2) is 5.72 Å². The molecule has 1 rings (SSSR count). The molecule has 0 saturated carbocycles. The molecule has 1 aromatic rings. The first kappa shape index (κ1) is 10.8. The summed E-state index contributed by atoms with van der Waals surface area (Å²) in [6, 6.07) is 6.34. The van der Waals surface area contributed by atoms with E-state index in [1.54, 1.807) is 12.1 Å². The topological polar surface area (TPSA) is 83.6 Å². The fourth-order valence-corrected chi connectivity index (χ4v) is 1.19. The van der Waals surface area contributed by atoms with Crippen LogP contribution >= 0.6 is 0 Å². The third-order valence-corrected chi connectivity index (χ3v) is 2.16. The van der Waals surface area contributed by atoms with E-state index in [0.717, 1.165) is 0 Å². The second-order valence-corrected chi connectivity index (χ2v) is 3.21. The maximum Gasteiger partial charge on any atom is 0.166 e. The van der Waals surface area contributed by atoms with Crippen molar-refractivity contribution < 1.29 is 15.0 Å². The highest BCUT2D eigenvalue weighted by Gasteiger charge is 2.31. The van der Waals surface area contributed by atoms with E-state index >= 15 is 0 Å². The number of carbonyl (C=O) groups is 1. The van der Waals surface area contributed by atoms with Crippen molar-refractivity contribution in [2.75, 3.05) is 0 Å². The Hall–Kier alpha value is -1.23. The quantitative estimate of drug-likeness (QED) is 0.467. The molecule has 0 aliphatic carbocycles. The van der Waals surface area contributed by atoms with Crippen molar-refractivity contribution in [3.63, 3.8) is 0 Å². The molecule has 0 spiro atoms. The van der Waals surface area contributed by atoms with E-state index < -0.39 is 11.8 Å². The van der Waals surface area contributed by atoms with Crippen molar-refractivity contribution in [3.8, 4) is 0 Å². The Kier molecular flexibility index (Phi) is 3.00. The number of nitrogens with two attached hydrogens (primary N) is 1. The van der Waals surface area contributed by atoms with Gasteiger partial charge in [0.05, 0.1) is 6.10 Å². The van der Waals surface area contributed by atoms with Crippen LogP contribution in [0.5, 0.6) is 0 Å². The summed E-state index contributed by atoms with van der Waals surface area (Å²) < 4.78 is 0. The maximum absolute atomic E-state index is 10.6. The van der Waals surface area contributed by atoms with Crippen molar-refractivity contribution in [1.29, 1.82) is 0 Å². The van der Waals surface area contributed by atoms with Gasteiger partial charge in [0.2, 0.25) is 0 Å². The van der Waals surface area contributed by atoms with Crippen molar-refractivity contribution in [3.05, 3.63) is 35.4 Å². The van der Waals surface area contributed by atoms with Gasteiger partial charge in [-0.2, -0.15) is 0 Å². The number of aliphatic hydroxyl groups is 2. The first-order valence-corrected chi connectivity index (χ1v) is 4.24. The SMILES string of the molecule is C[C@@H](O)[C@](N)(O)c1ccccc1C=O. The zero-order valence-electron chi connectivity index (χ0n) is 7.84. The third-order valence-electron chi connectivity index (χ3n) is 2.16. The Morgan fingerprint density at radius 1 is 1.50 bits per heavy atom. The minimum atomic E-state index is -1.89. The second-order valence-electron chi connectivity index (χ2n) is 3.21. The fourth-order valence-electron chi connectivity index (χ4n) is 1.19. The van der Waals surface area contributed by atoms with E-state index in [4.69, 9.17) is 5.73 Å². The summed E-state index contributed by atoms with van der Waals surface area (Å²) in [5, 5.41) is 19.0. The highest BCUT2D eigenvalue weighted by Crippen LogP contribution is 2.21. The molecular weight excluding hydrogens is 182 g/mol. The molecule has 2 atom stereocenters. The number of hydrogen-bond donors (Lipinski definition) is 3. The summed E-state index contributed by atoms with van der Waals surface area (Å²) in [5.41, 5.74) is 4.12. The van der Waals surface area contributed by atoms with E-state index in [0.29, 0.717) is 6.29 Å². The van der Waals surface area contributed by atoms with Crippen molar-refractivity contribution in [2.45, 2.75) is 18.8 Å². The van der Waals surface area contributed by atoms with Gasteiger partial charge in [-0.3, -0.25) is 10.5 Å². The molecule has 4 nitrogen and oxygen atoms in total. The van der Waals surface area contributed by atoms with E-state index in [9.17, 15) is 15.0 Å². The predicted octanol–water partition coefficient (Wildman–Crippen LogP) is -0.0163. The number of aldehydes is 1. The molecule has 0 radical (unpaired) electrons. The molecule has 76 valence electrons. The normalized spacial score (nSPS) is 17.1. The predicted molar refractivity (Wildman–Crippen MR) is 51.6 cm³/mol. The summed E-state index contributed by atoms with van der Waals surface area (Å²) >= 11 is 0. The van der Waals surface area contributed by atoms with Crippen molar-refractivity contribution >= 4 is 6.29 Å². The Bertz CT molecular complexity index is 334. The highest BCUT2D eigenvalue weighted by atomic mass is 16.4. The van der Waals surface area contributed by atoms with Gasteiger partial charge >= 0.3 is 0 Å². The van der Waals surface area contributed by atoms with Crippen LogP contribution in [-0.4, -0.2) is 22.6 Å². The number of aliphatic hydroxyl groups excluding tert-OH is 1. The molecule has 0 fully saturated rings. The largest absolute Gasteiger partial charge is 0.389 e. The van der Waals surface area contributed by atoms with Gasteiger partial charge in [-0.05, 0) is 6.92 Å². The van der Waals surface area contributed by atoms with Crippen LogP contribution in [0.3, 0.4) is 0 Å². The molecule has 4 N–H and O–H groups in total. The van der Waals surface area contributed by atoms with E-state index in [2.05, 4.69) is 0 Å². The molecule has 0 amide bonds. The van der Waals surface area contributed by atoms with Gasteiger partial charge < -0.3 is 10.2 Å². The third kappa shape index (κ3) is 1.82. The fraction of sp³-hybridized carbons (Fsp3) is 0.300. The van der Waals surface area contributed by atoms with Gasteiger partial charge in [-0.15, -0.1) is 0 Å².